The van der Waals surface area contributed by atoms with Crippen molar-refractivity contribution in [1.29, 1.82) is 5.26 Å². The van der Waals surface area contributed by atoms with Crippen LogP contribution in [0, 0.1) is 11.3 Å². The van der Waals surface area contributed by atoms with Gasteiger partial charge < -0.3 is 10.2 Å². The molecule has 3 rings (SSSR count). The van der Waals surface area contributed by atoms with Gasteiger partial charge in [0.25, 0.3) is 0 Å². The highest BCUT2D eigenvalue weighted by Crippen LogP contribution is 2.38. The average molecular weight is 339 g/mol. The number of fused-ring (bicyclic) bond motifs is 1. The van der Waals surface area contributed by atoms with Gasteiger partial charge in [0.2, 0.25) is 5.91 Å². The summed E-state index contributed by atoms with van der Waals surface area (Å²) in [7, 11) is 2.01. The summed E-state index contributed by atoms with van der Waals surface area (Å²) < 4.78 is 0. The Hall–Kier alpha value is -2.16. The Morgan fingerprint density at radius 2 is 2.12 bits per heavy atom. The molecule has 4 nitrogen and oxygen atoms in total. The highest BCUT2D eigenvalue weighted by atomic mass is 32.1. The van der Waals surface area contributed by atoms with Crippen LogP contribution in [0.25, 0.3) is 0 Å². The van der Waals surface area contributed by atoms with Crippen molar-refractivity contribution < 1.29 is 4.79 Å². The molecular formula is C19H21N3OS. The minimum absolute atomic E-state index is 0.0219. The third kappa shape index (κ3) is 3.84. The number of anilines is 1. The van der Waals surface area contributed by atoms with Crippen LogP contribution in [0.15, 0.2) is 30.3 Å². The number of thiophene rings is 1. The lowest BCUT2D eigenvalue weighted by atomic mass is 10.1. The van der Waals surface area contributed by atoms with Crippen LogP contribution in [0.2, 0.25) is 0 Å². The lowest BCUT2D eigenvalue weighted by molar-refractivity contribution is -0.116. The van der Waals surface area contributed by atoms with E-state index in [-0.39, 0.29) is 5.91 Å². The van der Waals surface area contributed by atoms with Crippen molar-refractivity contribution in [2.45, 2.75) is 32.2 Å². The molecule has 0 radical (unpaired) electrons. The molecule has 0 saturated carbocycles. The summed E-state index contributed by atoms with van der Waals surface area (Å²) in [5.41, 5.74) is 3.07. The first kappa shape index (κ1) is 16.7. The molecule has 2 aromatic rings. The number of hydrogen-bond acceptors (Lipinski definition) is 4. The molecule has 1 aliphatic rings. The van der Waals surface area contributed by atoms with Gasteiger partial charge in [0.1, 0.15) is 11.1 Å². The smallest absolute Gasteiger partial charge is 0.226 e. The molecule has 1 amide bonds. The fraction of sp³-hybridized carbons (Fsp3) is 0.368. The SMILES string of the molecule is CN(CCC(=O)Nc1sc2c(c1C#N)CCC2)Cc1ccccc1. The first-order valence-electron chi connectivity index (χ1n) is 8.24. The van der Waals surface area contributed by atoms with E-state index in [9.17, 15) is 10.1 Å². The number of carbonyl (C=O) groups is 1. The highest BCUT2D eigenvalue weighted by Gasteiger charge is 2.23. The first-order chi connectivity index (χ1) is 11.7. The number of hydrogen-bond donors (Lipinski definition) is 1. The van der Waals surface area contributed by atoms with E-state index in [0.717, 1.165) is 36.4 Å². The molecule has 5 heteroatoms. The van der Waals surface area contributed by atoms with E-state index < -0.39 is 0 Å². The fourth-order valence-electron chi connectivity index (χ4n) is 3.07. The van der Waals surface area contributed by atoms with Gasteiger partial charge in [-0.15, -0.1) is 11.3 Å². The Balaban J connectivity index is 1.52. The van der Waals surface area contributed by atoms with Gasteiger partial charge in [-0.05, 0) is 37.4 Å². The minimum Gasteiger partial charge on any atom is -0.317 e. The van der Waals surface area contributed by atoms with E-state index in [2.05, 4.69) is 28.4 Å². The topological polar surface area (TPSA) is 56.1 Å². The van der Waals surface area contributed by atoms with Crippen molar-refractivity contribution in [2.24, 2.45) is 0 Å². The lowest BCUT2D eigenvalue weighted by Crippen LogP contribution is -2.24. The Morgan fingerprint density at radius 1 is 1.33 bits per heavy atom. The van der Waals surface area contributed by atoms with Gasteiger partial charge in [-0.1, -0.05) is 30.3 Å². The summed E-state index contributed by atoms with van der Waals surface area (Å²) >= 11 is 1.57. The van der Waals surface area contributed by atoms with Crippen LogP contribution in [0.1, 0.15) is 34.4 Å². The van der Waals surface area contributed by atoms with E-state index in [1.807, 2.05) is 25.2 Å². The van der Waals surface area contributed by atoms with E-state index in [0.29, 0.717) is 18.5 Å². The number of benzene rings is 1. The van der Waals surface area contributed by atoms with Crippen LogP contribution in [-0.2, 0) is 24.2 Å². The maximum Gasteiger partial charge on any atom is 0.226 e. The van der Waals surface area contributed by atoms with E-state index in [1.165, 1.54) is 10.4 Å². The van der Waals surface area contributed by atoms with Gasteiger partial charge in [0.05, 0.1) is 5.56 Å². The number of nitrogens with zero attached hydrogens (tertiary/aromatic N) is 2. The van der Waals surface area contributed by atoms with Crippen LogP contribution in [-0.4, -0.2) is 24.4 Å². The number of carbonyl (C=O) groups excluding carboxylic acids is 1. The zero-order chi connectivity index (χ0) is 16.9. The number of nitriles is 1. The highest BCUT2D eigenvalue weighted by molar-refractivity contribution is 7.16. The van der Waals surface area contributed by atoms with Crippen molar-refractivity contribution in [3.8, 4) is 6.07 Å². The first-order valence-corrected chi connectivity index (χ1v) is 9.06. The summed E-state index contributed by atoms with van der Waals surface area (Å²) in [6, 6.07) is 12.5. The molecule has 1 N–H and O–H groups in total. The Bertz CT molecular complexity index is 761. The summed E-state index contributed by atoms with van der Waals surface area (Å²) in [6.45, 7) is 1.51. The molecule has 24 heavy (non-hydrogen) atoms. The summed E-state index contributed by atoms with van der Waals surface area (Å²) in [4.78, 5) is 15.6. The van der Waals surface area contributed by atoms with Crippen LogP contribution in [0.4, 0.5) is 5.00 Å². The standard InChI is InChI=1S/C19H21N3OS/c1-22(13-14-6-3-2-4-7-14)11-10-18(23)21-19-16(12-20)15-8-5-9-17(15)24-19/h2-4,6-7H,5,8-11,13H2,1H3,(H,21,23). The van der Waals surface area contributed by atoms with Gasteiger partial charge in [-0.2, -0.15) is 5.26 Å². The summed E-state index contributed by atoms with van der Waals surface area (Å²) in [5, 5.41) is 13.0. The molecule has 124 valence electrons. The predicted octanol–water partition coefficient (Wildman–Crippen LogP) is 3.57. The summed E-state index contributed by atoms with van der Waals surface area (Å²) in [5.74, 6) is -0.0219. The van der Waals surface area contributed by atoms with E-state index in [1.54, 1.807) is 11.3 Å². The van der Waals surface area contributed by atoms with E-state index >= 15 is 0 Å². The Labute approximate surface area is 146 Å². The lowest BCUT2D eigenvalue weighted by Gasteiger charge is -2.16. The summed E-state index contributed by atoms with van der Waals surface area (Å²) in [6.07, 6.45) is 3.54. The van der Waals surface area contributed by atoms with Crippen molar-refractivity contribution in [3.05, 3.63) is 51.9 Å². The largest absolute Gasteiger partial charge is 0.317 e. The quantitative estimate of drug-likeness (QED) is 0.875. The molecule has 0 fully saturated rings. The maximum atomic E-state index is 12.2. The minimum atomic E-state index is -0.0219. The molecule has 0 bridgehead atoms. The molecule has 1 heterocycles. The second-order valence-corrected chi connectivity index (χ2v) is 7.30. The Kier molecular flexibility index (Phi) is 5.29. The number of aryl methyl sites for hydroxylation is 1. The van der Waals surface area contributed by atoms with Crippen LogP contribution in [0.5, 0.6) is 0 Å². The van der Waals surface area contributed by atoms with Gasteiger partial charge in [-0.3, -0.25) is 4.79 Å². The molecule has 0 unspecified atom stereocenters. The molecule has 1 aliphatic carbocycles. The molecule has 0 saturated heterocycles. The average Bonchev–Trinajstić information content (AvgIpc) is 3.14. The zero-order valence-corrected chi connectivity index (χ0v) is 14.7. The number of nitrogens with one attached hydrogen (secondary N) is 1. The maximum absolute atomic E-state index is 12.2. The molecule has 0 atom stereocenters. The van der Waals surface area contributed by atoms with E-state index in [4.69, 9.17) is 0 Å². The molecule has 0 aliphatic heterocycles. The van der Waals surface area contributed by atoms with Crippen molar-refractivity contribution in [2.75, 3.05) is 18.9 Å². The van der Waals surface area contributed by atoms with Gasteiger partial charge in [0.15, 0.2) is 0 Å². The van der Waals surface area contributed by atoms with Crippen molar-refractivity contribution in [3.63, 3.8) is 0 Å². The van der Waals surface area contributed by atoms with Crippen LogP contribution < -0.4 is 5.32 Å². The van der Waals surface area contributed by atoms with Gasteiger partial charge in [-0.25, -0.2) is 0 Å². The molecule has 1 aromatic carbocycles. The third-order valence-corrected chi connectivity index (χ3v) is 5.51. The van der Waals surface area contributed by atoms with Crippen LogP contribution >= 0.6 is 11.3 Å². The second-order valence-electron chi connectivity index (χ2n) is 6.19. The normalized spacial score (nSPS) is 12.9. The van der Waals surface area contributed by atoms with Gasteiger partial charge >= 0.3 is 0 Å². The third-order valence-electron chi connectivity index (χ3n) is 4.30. The zero-order valence-electron chi connectivity index (χ0n) is 13.8. The van der Waals surface area contributed by atoms with Crippen molar-refractivity contribution >= 4 is 22.2 Å². The Morgan fingerprint density at radius 3 is 2.88 bits per heavy atom. The number of rotatable bonds is 6. The molecular weight excluding hydrogens is 318 g/mol. The second kappa shape index (κ2) is 7.61. The fourth-order valence-corrected chi connectivity index (χ4v) is 4.32. The van der Waals surface area contributed by atoms with Crippen molar-refractivity contribution in [1.82, 2.24) is 4.90 Å². The monoisotopic (exact) mass is 339 g/mol. The molecule has 0 spiro atoms. The number of amides is 1. The van der Waals surface area contributed by atoms with Gasteiger partial charge in [0, 0.05) is 24.4 Å². The van der Waals surface area contributed by atoms with Crippen LogP contribution in [0.3, 0.4) is 0 Å². The molecule has 1 aromatic heterocycles. The predicted molar refractivity (Wildman–Crippen MR) is 97.1 cm³/mol.